The van der Waals surface area contributed by atoms with E-state index in [4.69, 9.17) is 0 Å². The maximum Gasteiger partial charge on any atom is 0.125 e. The molecular formula is C29H28Si2. The molecule has 0 bridgehead atoms. The van der Waals surface area contributed by atoms with Gasteiger partial charge in [0, 0.05) is 0 Å². The van der Waals surface area contributed by atoms with Crippen LogP contribution in [0.2, 0.25) is 12.1 Å². The normalized spacial score (nSPS) is 11.8. The van der Waals surface area contributed by atoms with Gasteiger partial charge in [-0.25, -0.2) is 0 Å². The molecule has 4 aromatic carbocycles. The van der Waals surface area contributed by atoms with Crippen molar-refractivity contribution in [2.45, 2.75) is 19.0 Å². The van der Waals surface area contributed by atoms with Gasteiger partial charge in [0.2, 0.25) is 0 Å². The van der Waals surface area contributed by atoms with Gasteiger partial charge in [-0.3, -0.25) is 0 Å². The Balaban J connectivity index is 1.58. The van der Waals surface area contributed by atoms with Gasteiger partial charge in [-0.15, -0.1) is 0 Å². The molecule has 31 heavy (non-hydrogen) atoms. The lowest BCUT2D eigenvalue weighted by molar-refractivity contribution is 1.33. The van der Waals surface area contributed by atoms with Crippen molar-refractivity contribution in [2.75, 3.05) is 0 Å². The Kier molecular flexibility index (Phi) is 7.48. The lowest BCUT2D eigenvalue weighted by Crippen LogP contribution is -2.42. The quantitative estimate of drug-likeness (QED) is 0.283. The predicted octanol–water partition coefficient (Wildman–Crippen LogP) is 4.55. The maximum atomic E-state index is 2.52. The van der Waals surface area contributed by atoms with E-state index in [2.05, 4.69) is 134 Å². The first-order chi connectivity index (χ1) is 15.3. The molecule has 0 fully saturated rings. The van der Waals surface area contributed by atoms with Crippen molar-refractivity contribution in [3.05, 3.63) is 133 Å². The van der Waals surface area contributed by atoms with Crippen molar-refractivity contribution < 1.29 is 0 Å². The summed E-state index contributed by atoms with van der Waals surface area (Å²) >= 11 is 0. The third-order valence-electron chi connectivity index (χ3n) is 5.60. The first-order valence-corrected chi connectivity index (χ1v) is 14.3. The fourth-order valence-electron chi connectivity index (χ4n) is 3.96. The zero-order valence-electron chi connectivity index (χ0n) is 18.0. The highest BCUT2D eigenvalue weighted by molar-refractivity contribution is 6.86. The van der Waals surface area contributed by atoms with Crippen molar-refractivity contribution in [3.8, 4) is 0 Å². The molecule has 4 aromatic rings. The molecular weight excluding hydrogens is 404 g/mol. The maximum absolute atomic E-state index is 2.52. The summed E-state index contributed by atoms with van der Waals surface area (Å²) < 4.78 is 0. The van der Waals surface area contributed by atoms with Gasteiger partial charge in [-0.05, 0) is 19.0 Å². The van der Waals surface area contributed by atoms with Gasteiger partial charge in [0.15, 0.2) is 0 Å². The van der Waals surface area contributed by atoms with E-state index in [-0.39, 0.29) is 0 Å². The Morgan fingerprint density at radius 3 is 1.19 bits per heavy atom. The highest BCUT2D eigenvalue weighted by Gasteiger charge is 2.19. The van der Waals surface area contributed by atoms with Gasteiger partial charge in [0.05, 0.1) is 0 Å². The van der Waals surface area contributed by atoms with E-state index >= 15 is 0 Å². The summed E-state index contributed by atoms with van der Waals surface area (Å²) in [6, 6.07) is 46.5. The molecule has 0 aliphatic rings. The summed E-state index contributed by atoms with van der Waals surface area (Å²) in [4.78, 5) is 0. The largest absolute Gasteiger partial charge is 0.125 e. The van der Waals surface area contributed by atoms with Crippen LogP contribution in [0.4, 0.5) is 0 Å². The van der Waals surface area contributed by atoms with Crippen LogP contribution in [-0.4, -0.2) is 17.6 Å². The molecule has 0 saturated heterocycles. The Labute approximate surface area is 190 Å². The number of hydrogen-bond donors (Lipinski definition) is 0. The van der Waals surface area contributed by atoms with E-state index in [0.29, 0.717) is 0 Å². The molecule has 0 aliphatic heterocycles. The minimum atomic E-state index is -0.831. The monoisotopic (exact) mass is 432 g/mol. The summed E-state index contributed by atoms with van der Waals surface area (Å²) in [5, 5.41) is 5.95. The summed E-state index contributed by atoms with van der Waals surface area (Å²) in [6.07, 6.45) is 2.52. The summed E-state index contributed by atoms with van der Waals surface area (Å²) in [5.41, 5.74) is 1.51. The van der Waals surface area contributed by atoms with Gasteiger partial charge in [-0.2, -0.15) is 0 Å². The molecule has 0 amide bonds. The first-order valence-electron chi connectivity index (χ1n) is 10.9. The van der Waals surface area contributed by atoms with Crippen LogP contribution < -0.4 is 20.7 Å². The third-order valence-corrected chi connectivity index (χ3v) is 11.2. The summed E-state index contributed by atoms with van der Waals surface area (Å²) in [7, 11) is -1.65. The van der Waals surface area contributed by atoms with E-state index in [1.54, 1.807) is 0 Å². The molecule has 0 unspecified atom stereocenters. The minimum absolute atomic E-state index is 0.823. The van der Waals surface area contributed by atoms with Crippen molar-refractivity contribution >= 4 is 38.3 Å². The second kappa shape index (κ2) is 10.9. The van der Waals surface area contributed by atoms with Crippen molar-refractivity contribution in [1.29, 1.82) is 0 Å². The van der Waals surface area contributed by atoms with Gasteiger partial charge >= 0.3 is 0 Å². The lowest BCUT2D eigenvalue weighted by Gasteiger charge is -2.18. The molecule has 0 atom stereocenters. The first kappa shape index (κ1) is 21.3. The van der Waals surface area contributed by atoms with E-state index in [1.807, 2.05) is 0 Å². The Morgan fingerprint density at radius 1 is 0.516 bits per heavy atom. The molecule has 0 N–H and O–H groups in total. The molecule has 4 rings (SSSR count). The second-order valence-corrected chi connectivity index (χ2v) is 12.8. The molecule has 0 saturated carbocycles. The SMILES string of the molecule is C/C(=C\C[Si](c1ccccc1)c1ccccc1)C[Si](c1ccccc1)c1ccccc1. The van der Waals surface area contributed by atoms with E-state index in [0.717, 1.165) is 12.1 Å². The van der Waals surface area contributed by atoms with Gasteiger partial charge in [0.1, 0.15) is 17.6 Å². The average Bonchev–Trinajstić information content (AvgIpc) is 2.85. The summed E-state index contributed by atoms with van der Waals surface area (Å²) in [6.45, 7) is 2.33. The molecule has 0 aliphatic carbocycles. The fourth-order valence-corrected chi connectivity index (χ4v) is 9.14. The number of hydrogen-bond acceptors (Lipinski definition) is 0. The molecule has 0 spiro atoms. The van der Waals surface area contributed by atoms with Crippen molar-refractivity contribution in [1.82, 2.24) is 0 Å². The molecule has 152 valence electrons. The van der Waals surface area contributed by atoms with Crippen LogP contribution in [0.25, 0.3) is 0 Å². The van der Waals surface area contributed by atoms with Crippen LogP contribution in [0.15, 0.2) is 133 Å². The lowest BCUT2D eigenvalue weighted by atomic mass is 10.3. The van der Waals surface area contributed by atoms with Gasteiger partial charge in [-0.1, -0.05) is 154 Å². The topological polar surface area (TPSA) is 0 Å². The van der Waals surface area contributed by atoms with Crippen LogP contribution >= 0.6 is 0 Å². The Bertz CT molecular complexity index is 996. The van der Waals surface area contributed by atoms with E-state index in [9.17, 15) is 0 Å². The van der Waals surface area contributed by atoms with Crippen LogP contribution in [0.5, 0.6) is 0 Å². The van der Waals surface area contributed by atoms with E-state index < -0.39 is 17.6 Å². The van der Waals surface area contributed by atoms with Gasteiger partial charge in [0.25, 0.3) is 0 Å². The summed E-state index contributed by atoms with van der Waals surface area (Å²) in [5.74, 6) is 0. The van der Waals surface area contributed by atoms with Crippen LogP contribution in [0.1, 0.15) is 6.92 Å². The Morgan fingerprint density at radius 2 is 0.839 bits per heavy atom. The average molecular weight is 433 g/mol. The standard InChI is InChI=1S/C29H28Si2/c1-25(24-31(28-18-10-4-11-19-28)29-20-12-5-13-21-29)22-23-30(26-14-6-2-7-15-26)27-16-8-3-9-17-27/h2-22H,23-24H2,1H3/b25-22+. The molecule has 0 heterocycles. The second-order valence-electron chi connectivity index (χ2n) is 7.85. The van der Waals surface area contributed by atoms with Crippen molar-refractivity contribution in [2.24, 2.45) is 0 Å². The fraction of sp³-hybridized carbons (Fsp3) is 0.103. The van der Waals surface area contributed by atoms with Crippen LogP contribution in [0.3, 0.4) is 0 Å². The third kappa shape index (κ3) is 5.81. The molecule has 0 nitrogen and oxygen atoms in total. The highest BCUT2D eigenvalue weighted by atomic mass is 28.3. The van der Waals surface area contributed by atoms with Gasteiger partial charge < -0.3 is 0 Å². The minimum Gasteiger partial charge on any atom is -0.0881 e. The number of benzene rings is 4. The van der Waals surface area contributed by atoms with Crippen molar-refractivity contribution in [3.63, 3.8) is 0 Å². The molecule has 0 aromatic heterocycles. The number of rotatable bonds is 8. The van der Waals surface area contributed by atoms with E-state index in [1.165, 1.54) is 26.3 Å². The van der Waals surface area contributed by atoms with Crippen LogP contribution in [0, 0.1) is 0 Å². The van der Waals surface area contributed by atoms with Crippen LogP contribution in [-0.2, 0) is 0 Å². The Hall–Kier alpha value is -2.95. The zero-order valence-corrected chi connectivity index (χ0v) is 20.0. The smallest absolute Gasteiger partial charge is 0.0881 e. The number of allylic oxidation sites excluding steroid dienone is 2. The molecule has 2 heteroatoms. The zero-order chi connectivity index (χ0) is 21.3. The molecule has 2 radical (unpaired) electrons. The predicted molar refractivity (Wildman–Crippen MR) is 139 cm³/mol. The highest BCUT2D eigenvalue weighted by Crippen LogP contribution is 2.10.